The van der Waals surface area contributed by atoms with Crippen molar-refractivity contribution < 1.29 is 4.79 Å². The summed E-state index contributed by atoms with van der Waals surface area (Å²) in [5.41, 5.74) is 6.95. The topological polar surface area (TPSA) is 58.4 Å². The molecule has 1 heterocycles. The second-order valence-electron chi connectivity index (χ2n) is 4.98. The van der Waals surface area contributed by atoms with Crippen molar-refractivity contribution in [1.82, 2.24) is 10.2 Å². The molecule has 0 spiro atoms. The number of nitrogens with zero attached hydrogens (tertiary/aromatic N) is 1. The van der Waals surface area contributed by atoms with Crippen LogP contribution in [0.2, 0.25) is 0 Å². The molecule has 106 valence electrons. The fraction of sp³-hybridized carbons (Fsp3) is 0.500. The normalized spacial score (nSPS) is 20.6. The van der Waals surface area contributed by atoms with Gasteiger partial charge in [0.25, 0.3) is 0 Å². The number of amides is 1. The number of hydrogen-bond acceptors (Lipinski definition) is 3. The van der Waals surface area contributed by atoms with E-state index in [2.05, 4.69) is 10.2 Å². The van der Waals surface area contributed by atoms with E-state index < -0.39 is 0 Å². The van der Waals surface area contributed by atoms with E-state index in [4.69, 9.17) is 5.73 Å². The lowest BCUT2D eigenvalue weighted by atomic mass is 10.1. The van der Waals surface area contributed by atoms with E-state index in [0.29, 0.717) is 6.54 Å². The molecule has 0 radical (unpaired) electrons. The van der Waals surface area contributed by atoms with E-state index in [1.54, 1.807) is 0 Å². The maximum Gasteiger partial charge on any atom is 0.234 e. The Kier molecular flexibility index (Phi) is 6.28. The number of likely N-dealkylation sites (tertiary alicyclic amines) is 1. The molecule has 1 aliphatic heterocycles. The lowest BCUT2D eigenvalue weighted by Crippen LogP contribution is -2.38. The maximum atomic E-state index is 11.9. The molecule has 1 aromatic carbocycles. The standard InChI is InChI=1S/C14H21N3O.ClH/c1-11(12-5-3-2-4-6-12)16-14(18)10-17-8-7-13(15)9-17;/h2-6,11,13H,7-10,15H2,1H3,(H,16,18);1H/t11?,13-;/m1./s1. The van der Waals surface area contributed by atoms with Gasteiger partial charge in [-0.3, -0.25) is 9.69 Å². The van der Waals surface area contributed by atoms with E-state index in [1.807, 2.05) is 37.3 Å². The summed E-state index contributed by atoms with van der Waals surface area (Å²) in [5, 5.41) is 3.02. The minimum Gasteiger partial charge on any atom is -0.348 e. The minimum absolute atomic E-state index is 0. The molecule has 3 N–H and O–H groups in total. The second kappa shape index (κ2) is 7.48. The molecular formula is C14H22ClN3O. The van der Waals surface area contributed by atoms with E-state index in [9.17, 15) is 4.79 Å². The minimum atomic E-state index is 0. The number of halogens is 1. The highest BCUT2D eigenvalue weighted by molar-refractivity contribution is 5.85. The molecule has 0 aliphatic carbocycles. The van der Waals surface area contributed by atoms with Crippen LogP contribution in [0.3, 0.4) is 0 Å². The van der Waals surface area contributed by atoms with Crippen LogP contribution in [0.5, 0.6) is 0 Å². The number of nitrogens with one attached hydrogen (secondary N) is 1. The van der Waals surface area contributed by atoms with E-state index in [-0.39, 0.29) is 30.4 Å². The van der Waals surface area contributed by atoms with Crippen LogP contribution in [-0.2, 0) is 4.79 Å². The fourth-order valence-electron chi connectivity index (χ4n) is 2.32. The molecular weight excluding hydrogens is 262 g/mol. The van der Waals surface area contributed by atoms with Gasteiger partial charge in [0.05, 0.1) is 12.6 Å². The zero-order valence-corrected chi connectivity index (χ0v) is 12.0. The highest BCUT2D eigenvalue weighted by Crippen LogP contribution is 2.11. The largest absolute Gasteiger partial charge is 0.348 e. The average Bonchev–Trinajstić information content (AvgIpc) is 2.75. The molecule has 0 bridgehead atoms. The third kappa shape index (κ3) is 4.82. The number of carbonyl (C=O) groups is 1. The zero-order chi connectivity index (χ0) is 13.0. The quantitative estimate of drug-likeness (QED) is 0.876. The van der Waals surface area contributed by atoms with Gasteiger partial charge in [0.15, 0.2) is 0 Å². The van der Waals surface area contributed by atoms with Gasteiger partial charge in [-0.1, -0.05) is 30.3 Å². The van der Waals surface area contributed by atoms with Gasteiger partial charge in [-0.05, 0) is 18.9 Å². The summed E-state index contributed by atoms with van der Waals surface area (Å²) < 4.78 is 0. The van der Waals surface area contributed by atoms with Crippen LogP contribution in [0.15, 0.2) is 30.3 Å². The second-order valence-corrected chi connectivity index (χ2v) is 4.98. The van der Waals surface area contributed by atoms with Gasteiger partial charge < -0.3 is 11.1 Å². The Hall–Kier alpha value is -1.10. The first-order valence-corrected chi connectivity index (χ1v) is 6.47. The van der Waals surface area contributed by atoms with Crippen LogP contribution in [0.4, 0.5) is 0 Å². The number of carbonyl (C=O) groups excluding carboxylic acids is 1. The van der Waals surface area contributed by atoms with Crippen molar-refractivity contribution in [3.05, 3.63) is 35.9 Å². The first-order chi connectivity index (χ1) is 8.65. The molecule has 2 rings (SSSR count). The Morgan fingerprint density at radius 2 is 2.16 bits per heavy atom. The fourth-order valence-corrected chi connectivity index (χ4v) is 2.32. The Labute approximate surface area is 120 Å². The highest BCUT2D eigenvalue weighted by atomic mass is 35.5. The number of nitrogens with two attached hydrogens (primary N) is 1. The third-order valence-corrected chi connectivity index (χ3v) is 3.35. The lowest BCUT2D eigenvalue weighted by Gasteiger charge is -2.18. The van der Waals surface area contributed by atoms with Crippen molar-refractivity contribution in [1.29, 1.82) is 0 Å². The summed E-state index contributed by atoms with van der Waals surface area (Å²) in [7, 11) is 0. The molecule has 1 aliphatic rings. The molecule has 19 heavy (non-hydrogen) atoms. The van der Waals surface area contributed by atoms with Crippen LogP contribution in [0, 0.1) is 0 Å². The summed E-state index contributed by atoms with van der Waals surface area (Å²) in [4.78, 5) is 14.0. The van der Waals surface area contributed by atoms with Crippen LogP contribution in [0.25, 0.3) is 0 Å². The van der Waals surface area contributed by atoms with E-state index in [1.165, 1.54) is 0 Å². The number of benzene rings is 1. The van der Waals surface area contributed by atoms with Crippen molar-refractivity contribution in [2.24, 2.45) is 5.73 Å². The number of hydrogen-bond donors (Lipinski definition) is 2. The van der Waals surface area contributed by atoms with Gasteiger partial charge in [-0.25, -0.2) is 0 Å². The molecule has 1 fully saturated rings. The predicted octanol–water partition coefficient (Wildman–Crippen LogP) is 1.32. The Morgan fingerprint density at radius 1 is 1.47 bits per heavy atom. The summed E-state index contributed by atoms with van der Waals surface area (Å²) in [6, 6.07) is 10.3. The average molecular weight is 284 g/mol. The molecule has 1 unspecified atom stereocenters. The van der Waals surface area contributed by atoms with E-state index >= 15 is 0 Å². The molecule has 0 saturated carbocycles. The summed E-state index contributed by atoms with van der Waals surface area (Å²) in [5.74, 6) is 0.0699. The molecule has 2 atom stereocenters. The van der Waals surface area contributed by atoms with Crippen LogP contribution in [0.1, 0.15) is 24.9 Å². The number of rotatable bonds is 4. The zero-order valence-electron chi connectivity index (χ0n) is 11.2. The van der Waals surface area contributed by atoms with Gasteiger partial charge >= 0.3 is 0 Å². The molecule has 1 aromatic rings. The molecule has 1 saturated heterocycles. The maximum absolute atomic E-state index is 11.9. The molecule has 1 amide bonds. The van der Waals surface area contributed by atoms with Crippen molar-refractivity contribution in [3.63, 3.8) is 0 Å². The SMILES string of the molecule is CC(NC(=O)CN1CC[C@@H](N)C1)c1ccccc1.Cl. The molecule has 5 heteroatoms. The van der Waals surface area contributed by atoms with Gasteiger partial charge in [0.1, 0.15) is 0 Å². The molecule has 0 aromatic heterocycles. The van der Waals surface area contributed by atoms with Gasteiger partial charge in [0.2, 0.25) is 5.91 Å². The summed E-state index contributed by atoms with van der Waals surface area (Å²) >= 11 is 0. The highest BCUT2D eigenvalue weighted by Gasteiger charge is 2.21. The first kappa shape index (κ1) is 16.0. The predicted molar refractivity (Wildman–Crippen MR) is 79.3 cm³/mol. The monoisotopic (exact) mass is 283 g/mol. The van der Waals surface area contributed by atoms with Crippen molar-refractivity contribution >= 4 is 18.3 Å². The van der Waals surface area contributed by atoms with Crippen LogP contribution >= 0.6 is 12.4 Å². The van der Waals surface area contributed by atoms with E-state index in [0.717, 1.165) is 25.1 Å². The van der Waals surface area contributed by atoms with Gasteiger partial charge in [-0.15, -0.1) is 12.4 Å². The lowest BCUT2D eigenvalue weighted by molar-refractivity contribution is -0.122. The Balaban J connectivity index is 0.00000180. The Bertz CT molecular complexity index is 399. The van der Waals surface area contributed by atoms with Crippen LogP contribution < -0.4 is 11.1 Å². The van der Waals surface area contributed by atoms with Crippen molar-refractivity contribution in [2.45, 2.75) is 25.4 Å². The van der Waals surface area contributed by atoms with Gasteiger partial charge in [-0.2, -0.15) is 0 Å². The first-order valence-electron chi connectivity index (χ1n) is 6.47. The van der Waals surface area contributed by atoms with Crippen molar-refractivity contribution in [2.75, 3.05) is 19.6 Å². The van der Waals surface area contributed by atoms with Gasteiger partial charge in [0, 0.05) is 19.1 Å². The Morgan fingerprint density at radius 3 is 2.74 bits per heavy atom. The summed E-state index contributed by atoms with van der Waals surface area (Å²) in [6.07, 6.45) is 0.988. The van der Waals surface area contributed by atoms with Crippen LogP contribution in [-0.4, -0.2) is 36.5 Å². The van der Waals surface area contributed by atoms with Crippen molar-refractivity contribution in [3.8, 4) is 0 Å². The molecule has 4 nitrogen and oxygen atoms in total. The third-order valence-electron chi connectivity index (χ3n) is 3.35. The smallest absolute Gasteiger partial charge is 0.234 e. The summed E-state index contributed by atoms with van der Waals surface area (Å²) in [6.45, 7) is 4.20.